The molecule has 6 nitrogen and oxygen atoms in total. The van der Waals surface area contributed by atoms with Gasteiger partial charge in [-0.1, -0.05) is 5.16 Å². The van der Waals surface area contributed by atoms with Gasteiger partial charge in [0.2, 0.25) is 0 Å². The molecule has 0 spiro atoms. The van der Waals surface area contributed by atoms with Crippen LogP contribution in [0.2, 0.25) is 0 Å². The molecule has 0 radical (unpaired) electrons. The van der Waals surface area contributed by atoms with E-state index in [2.05, 4.69) is 14.9 Å². The maximum absolute atomic E-state index is 12.7. The van der Waals surface area contributed by atoms with Crippen LogP contribution in [-0.4, -0.2) is 32.3 Å². The van der Waals surface area contributed by atoms with E-state index in [9.17, 15) is 4.79 Å². The van der Waals surface area contributed by atoms with E-state index in [1.54, 1.807) is 0 Å². The van der Waals surface area contributed by atoms with E-state index >= 15 is 0 Å². The van der Waals surface area contributed by atoms with Gasteiger partial charge in [-0.15, -0.1) is 0 Å². The van der Waals surface area contributed by atoms with Crippen molar-refractivity contribution in [2.24, 2.45) is 0 Å². The first-order chi connectivity index (χ1) is 10.8. The molecule has 0 N–H and O–H groups in total. The van der Waals surface area contributed by atoms with Crippen LogP contribution in [0.15, 0.2) is 10.6 Å². The van der Waals surface area contributed by atoms with Gasteiger partial charge in [-0.2, -0.15) is 5.10 Å². The van der Waals surface area contributed by atoms with E-state index in [0.717, 1.165) is 38.0 Å². The van der Waals surface area contributed by atoms with Gasteiger partial charge in [-0.05, 0) is 37.7 Å². The molecule has 114 valence electrons. The highest BCUT2D eigenvalue weighted by atomic mass is 16.5. The summed E-state index contributed by atoms with van der Waals surface area (Å²) in [5.74, 6) is 1.33. The molecule has 0 unspecified atom stereocenters. The summed E-state index contributed by atoms with van der Waals surface area (Å²) in [6.07, 6.45) is 5.67. The first-order valence-corrected chi connectivity index (χ1v) is 8.13. The molecule has 22 heavy (non-hydrogen) atoms. The van der Waals surface area contributed by atoms with E-state index < -0.39 is 0 Å². The molecule has 1 aliphatic heterocycles. The van der Waals surface area contributed by atoms with Gasteiger partial charge in [0.1, 0.15) is 5.76 Å². The molecule has 0 saturated heterocycles. The van der Waals surface area contributed by atoms with Gasteiger partial charge < -0.3 is 9.42 Å². The number of rotatable bonds is 2. The molecular formula is C16H18N4O2. The number of hydrogen-bond donors (Lipinski definition) is 0. The molecule has 1 amide bonds. The largest absolute Gasteiger partial charge is 0.360 e. The number of nitrogens with zero attached hydrogens (tertiary/aromatic N) is 4. The molecule has 2 aliphatic carbocycles. The number of fused-ring (bicyclic) bond motifs is 3. The zero-order valence-electron chi connectivity index (χ0n) is 12.4. The average Bonchev–Trinajstić information content (AvgIpc) is 2.98. The van der Waals surface area contributed by atoms with E-state index in [1.807, 2.05) is 11.0 Å². The molecule has 5 rings (SSSR count). The van der Waals surface area contributed by atoms with Crippen molar-refractivity contribution in [1.29, 1.82) is 0 Å². The van der Waals surface area contributed by atoms with Gasteiger partial charge in [0.15, 0.2) is 5.69 Å². The van der Waals surface area contributed by atoms with Crippen LogP contribution in [0.5, 0.6) is 0 Å². The Bertz CT molecular complexity index is 756. The Hall–Kier alpha value is -2.11. The lowest BCUT2D eigenvalue weighted by Gasteiger charge is -2.27. The minimum atomic E-state index is -0.0187. The number of carbonyl (C=O) groups is 1. The van der Waals surface area contributed by atoms with Gasteiger partial charge in [-0.25, -0.2) is 0 Å². The van der Waals surface area contributed by atoms with E-state index in [4.69, 9.17) is 4.52 Å². The standard InChI is InChI=1S/C16H18N4O2/c21-16(13-8-15(22-18-13)10-4-5-10)19-6-7-20-14(9-19)11-2-1-3-12(11)17-20/h8,10H,1-7,9H2. The van der Waals surface area contributed by atoms with Crippen molar-refractivity contribution in [3.63, 3.8) is 0 Å². The Kier molecular flexibility index (Phi) is 2.51. The van der Waals surface area contributed by atoms with E-state index in [-0.39, 0.29) is 5.91 Å². The average molecular weight is 298 g/mol. The van der Waals surface area contributed by atoms with Crippen LogP contribution < -0.4 is 0 Å². The second-order valence-electron chi connectivity index (χ2n) is 6.56. The first kappa shape index (κ1) is 12.4. The fourth-order valence-electron chi connectivity index (χ4n) is 3.63. The molecule has 1 fully saturated rings. The van der Waals surface area contributed by atoms with Gasteiger partial charge in [0, 0.05) is 18.5 Å². The second kappa shape index (κ2) is 4.44. The summed E-state index contributed by atoms with van der Waals surface area (Å²) in [7, 11) is 0. The molecule has 1 saturated carbocycles. The fraction of sp³-hybridized carbons (Fsp3) is 0.562. The lowest BCUT2D eigenvalue weighted by molar-refractivity contribution is 0.0694. The highest BCUT2D eigenvalue weighted by Gasteiger charge is 2.32. The second-order valence-corrected chi connectivity index (χ2v) is 6.56. The van der Waals surface area contributed by atoms with Crippen LogP contribution in [0, 0.1) is 0 Å². The quantitative estimate of drug-likeness (QED) is 0.849. The van der Waals surface area contributed by atoms with Crippen molar-refractivity contribution < 1.29 is 9.32 Å². The zero-order chi connectivity index (χ0) is 14.7. The van der Waals surface area contributed by atoms with Crippen LogP contribution >= 0.6 is 0 Å². The maximum Gasteiger partial charge on any atom is 0.276 e. The summed E-state index contributed by atoms with van der Waals surface area (Å²) in [5.41, 5.74) is 4.28. The van der Waals surface area contributed by atoms with Crippen molar-refractivity contribution in [2.75, 3.05) is 6.54 Å². The summed E-state index contributed by atoms with van der Waals surface area (Å²) in [5, 5.41) is 8.66. The minimum absolute atomic E-state index is 0.0187. The van der Waals surface area contributed by atoms with Gasteiger partial charge in [0.25, 0.3) is 5.91 Å². The number of aromatic nitrogens is 3. The molecule has 0 atom stereocenters. The summed E-state index contributed by atoms with van der Waals surface area (Å²) < 4.78 is 7.40. The number of carbonyl (C=O) groups excluding carboxylic acids is 1. The van der Waals surface area contributed by atoms with Crippen LogP contribution in [-0.2, 0) is 25.9 Å². The zero-order valence-corrected chi connectivity index (χ0v) is 12.4. The van der Waals surface area contributed by atoms with E-state index in [1.165, 1.54) is 23.4 Å². The smallest absolute Gasteiger partial charge is 0.276 e. The van der Waals surface area contributed by atoms with Crippen molar-refractivity contribution in [3.05, 3.63) is 34.5 Å². The molecule has 2 aromatic heterocycles. The molecule has 3 aliphatic rings. The maximum atomic E-state index is 12.7. The first-order valence-electron chi connectivity index (χ1n) is 8.13. The summed E-state index contributed by atoms with van der Waals surface area (Å²) in [4.78, 5) is 14.5. The molecule has 0 bridgehead atoms. The van der Waals surface area contributed by atoms with Crippen LogP contribution in [0.25, 0.3) is 0 Å². The predicted molar refractivity (Wildman–Crippen MR) is 77.5 cm³/mol. The Morgan fingerprint density at radius 3 is 3.05 bits per heavy atom. The number of amides is 1. The van der Waals surface area contributed by atoms with Crippen molar-refractivity contribution in [3.8, 4) is 0 Å². The third-order valence-electron chi connectivity index (χ3n) is 5.03. The molecule has 0 aromatic carbocycles. The minimum Gasteiger partial charge on any atom is -0.360 e. The summed E-state index contributed by atoms with van der Waals surface area (Å²) in [6, 6.07) is 1.83. The third-order valence-corrected chi connectivity index (χ3v) is 5.03. The molecule has 6 heteroatoms. The van der Waals surface area contributed by atoms with Gasteiger partial charge in [-0.3, -0.25) is 9.48 Å². The summed E-state index contributed by atoms with van der Waals surface area (Å²) in [6.45, 7) is 2.12. The molecule has 2 aromatic rings. The highest BCUT2D eigenvalue weighted by molar-refractivity contribution is 5.92. The normalized spacial score (nSPS) is 20.1. The lowest BCUT2D eigenvalue weighted by Crippen LogP contribution is -2.39. The monoisotopic (exact) mass is 298 g/mol. The van der Waals surface area contributed by atoms with Gasteiger partial charge in [0.05, 0.1) is 24.5 Å². The topological polar surface area (TPSA) is 64.2 Å². The van der Waals surface area contributed by atoms with E-state index in [0.29, 0.717) is 24.7 Å². The van der Waals surface area contributed by atoms with Crippen molar-refractivity contribution >= 4 is 5.91 Å². The Balaban J connectivity index is 1.40. The summed E-state index contributed by atoms with van der Waals surface area (Å²) >= 11 is 0. The van der Waals surface area contributed by atoms with Crippen LogP contribution in [0.3, 0.4) is 0 Å². The third kappa shape index (κ3) is 1.82. The Morgan fingerprint density at radius 1 is 1.27 bits per heavy atom. The Morgan fingerprint density at radius 2 is 2.18 bits per heavy atom. The highest BCUT2D eigenvalue weighted by Crippen LogP contribution is 2.40. The number of hydrogen-bond acceptors (Lipinski definition) is 4. The van der Waals surface area contributed by atoms with Crippen molar-refractivity contribution in [2.45, 2.75) is 51.1 Å². The van der Waals surface area contributed by atoms with Crippen LogP contribution in [0.1, 0.15) is 58.4 Å². The Labute approximate surface area is 128 Å². The fourth-order valence-corrected chi connectivity index (χ4v) is 3.63. The number of aryl methyl sites for hydroxylation is 1. The SMILES string of the molecule is O=C(c1cc(C2CC2)on1)N1CCn2nc3c(c2C1)CCC3. The van der Waals surface area contributed by atoms with Crippen LogP contribution in [0.4, 0.5) is 0 Å². The molecule has 3 heterocycles. The van der Waals surface area contributed by atoms with Gasteiger partial charge >= 0.3 is 0 Å². The molecular weight excluding hydrogens is 280 g/mol. The lowest BCUT2D eigenvalue weighted by atomic mass is 10.1. The predicted octanol–water partition coefficient (Wildman–Crippen LogP) is 1.89. The van der Waals surface area contributed by atoms with Crippen molar-refractivity contribution in [1.82, 2.24) is 19.8 Å².